The first-order valence-electron chi connectivity index (χ1n) is 10.3. The van der Waals surface area contributed by atoms with Crippen molar-refractivity contribution in [2.24, 2.45) is 0 Å². The van der Waals surface area contributed by atoms with Gasteiger partial charge in [0, 0.05) is 23.4 Å². The summed E-state index contributed by atoms with van der Waals surface area (Å²) in [6.07, 6.45) is 6.17. The highest BCUT2D eigenvalue weighted by molar-refractivity contribution is 7.71. The molecule has 144 valence electrons. The van der Waals surface area contributed by atoms with E-state index in [-0.39, 0.29) is 6.04 Å². The highest BCUT2D eigenvalue weighted by Gasteiger charge is 2.37. The van der Waals surface area contributed by atoms with Crippen molar-refractivity contribution in [1.82, 2.24) is 19.2 Å². The summed E-state index contributed by atoms with van der Waals surface area (Å²) in [5, 5.41) is 7.27. The highest BCUT2D eigenvalue weighted by atomic mass is 32.1. The summed E-state index contributed by atoms with van der Waals surface area (Å²) in [6, 6.07) is 14.1. The van der Waals surface area contributed by atoms with E-state index in [1.165, 1.54) is 47.5 Å². The molecule has 28 heavy (non-hydrogen) atoms. The van der Waals surface area contributed by atoms with Crippen LogP contribution in [0.2, 0.25) is 0 Å². The summed E-state index contributed by atoms with van der Waals surface area (Å²) in [4.78, 5) is 4.08. The van der Waals surface area contributed by atoms with E-state index < -0.39 is 0 Å². The maximum atomic E-state index is 5.90. The lowest BCUT2D eigenvalue weighted by Gasteiger charge is -2.36. The van der Waals surface area contributed by atoms with Crippen LogP contribution in [0.15, 0.2) is 41.8 Å². The maximum Gasteiger partial charge on any atom is 0.199 e. The fourth-order valence-corrected chi connectivity index (χ4v) is 5.79. The topological polar surface area (TPSA) is 26.0 Å². The molecule has 6 heteroatoms. The van der Waals surface area contributed by atoms with Gasteiger partial charge >= 0.3 is 0 Å². The van der Waals surface area contributed by atoms with Crippen molar-refractivity contribution in [3.8, 4) is 0 Å². The minimum absolute atomic E-state index is 0.286. The molecule has 3 aliphatic rings. The molecule has 1 aromatic carbocycles. The summed E-state index contributed by atoms with van der Waals surface area (Å²) in [6.45, 7) is 1.82. The summed E-state index contributed by atoms with van der Waals surface area (Å²) in [7, 11) is 0. The molecule has 0 saturated heterocycles. The lowest BCUT2D eigenvalue weighted by atomic mass is 9.94. The van der Waals surface area contributed by atoms with Gasteiger partial charge in [-0.15, -0.1) is 11.3 Å². The predicted octanol–water partition coefficient (Wildman–Crippen LogP) is 5.29. The zero-order valence-electron chi connectivity index (χ0n) is 15.8. The lowest BCUT2D eigenvalue weighted by Crippen LogP contribution is -2.37. The zero-order valence-corrected chi connectivity index (χ0v) is 17.5. The Morgan fingerprint density at radius 1 is 1.07 bits per heavy atom. The van der Waals surface area contributed by atoms with E-state index in [0.29, 0.717) is 12.0 Å². The Labute approximate surface area is 174 Å². The minimum atomic E-state index is 0.286. The molecule has 4 nitrogen and oxygen atoms in total. The Bertz CT molecular complexity index is 1060. The van der Waals surface area contributed by atoms with Crippen LogP contribution >= 0.6 is 23.6 Å². The monoisotopic (exact) mass is 408 g/mol. The molecule has 2 aromatic heterocycles. The predicted molar refractivity (Wildman–Crippen MR) is 114 cm³/mol. The van der Waals surface area contributed by atoms with Crippen LogP contribution < -0.4 is 0 Å². The van der Waals surface area contributed by atoms with E-state index in [2.05, 4.69) is 55.9 Å². The van der Waals surface area contributed by atoms with Gasteiger partial charge in [0.05, 0.1) is 12.7 Å². The molecule has 6 rings (SSSR count). The van der Waals surface area contributed by atoms with Gasteiger partial charge < -0.3 is 4.57 Å². The van der Waals surface area contributed by atoms with E-state index in [1.54, 1.807) is 0 Å². The van der Waals surface area contributed by atoms with Gasteiger partial charge in [-0.25, -0.2) is 4.68 Å². The van der Waals surface area contributed by atoms with Crippen molar-refractivity contribution in [2.45, 2.75) is 56.8 Å². The zero-order chi connectivity index (χ0) is 18.7. The average Bonchev–Trinajstić information content (AvgIpc) is 3.65. The van der Waals surface area contributed by atoms with E-state index in [4.69, 9.17) is 17.3 Å². The molecule has 1 aliphatic heterocycles. The van der Waals surface area contributed by atoms with E-state index >= 15 is 0 Å². The van der Waals surface area contributed by atoms with Crippen LogP contribution in [0.4, 0.5) is 0 Å². The number of hydrogen-bond acceptors (Lipinski definition) is 4. The maximum absolute atomic E-state index is 5.90. The lowest BCUT2D eigenvalue weighted by molar-refractivity contribution is 0.156. The van der Waals surface area contributed by atoms with E-state index in [1.807, 2.05) is 11.3 Å². The van der Waals surface area contributed by atoms with Gasteiger partial charge in [-0.3, -0.25) is 4.90 Å². The number of nitrogens with zero attached hydrogens (tertiary/aromatic N) is 4. The van der Waals surface area contributed by atoms with Crippen molar-refractivity contribution in [2.75, 3.05) is 6.54 Å². The average molecular weight is 409 g/mol. The number of hydrogen-bond donors (Lipinski definition) is 0. The van der Waals surface area contributed by atoms with Crippen LogP contribution in [0.25, 0.3) is 0 Å². The molecule has 3 aromatic rings. The molecule has 1 atom stereocenters. The molecular weight excluding hydrogens is 384 g/mol. The molecule has 0 spiro atoms. The second kappa shape index (κ2) is 6.65. The Balaban J connectivity index is 1.38. The van der Waals surface area contributed by atoms with Crippen LogP contribution in [0.3, 0.4) is 0 Å². The summed E-state index contributed by atoms with van der Waals surface area (Å²) in [5.41, 5.74) is 2.82. The third kappa shape index (κ3) is 2.90. The first kappa shape index (κ1) is 17.1. The number of rotatable bonds is 5. The van der Waals surface area contributed by atoms with Crippen molar-refractivity contribution in [1.29, 1.82) is 0 Å². The fraction of sp³-hybridized carbons (Fsp3) is 0.455. The van der Waals surface area contributed by atoms with Crippen molar-refractivity contribution in [3.63, 3.8) is 0 Å². The first-order chi connectivity index (χ1) is 13.8. The molecule has 0 bridgehead atoms. The smallest absolute Gasteiger partial charge is 0.199 e. The van der Waals surface area contributed by atoms with Crippen molar-refractivity contribution in [3.05, 3.63) is 68.4 Å². The standard InChI is InChI=1S/C22H24N4S2/c27-22-25(23-21(16-6-7-16)26(22)17-8-9-17)14-24-12-10-19-18(11-13-28-19)20(24)15-4-2-1-3-5-15/h1-5,11,13,16-17,20H,6-10,12,14H2. The van der Waals surface area contributed by atoms with Gasteiger partial charge in [0.1, 0.15) is 5.82 Å². The number of aromatic nitrogens is 3. The highest BCUT2D eigenvalue weighted by Crippen LogP contribution is 2.45. The van der Waals surface area contributed by atoms with E-state index in [0.717, 1.165) is 24.4 Å². The summed E-state index contributed by atoms with van der Waals surface area (Å²) >= 11 is 7.79. The first-order valence-corrected chi connectivity index (χ1v) is 11.6. The second-order valence-corrected chi connectivity index (χ2v) is 9.70. The fourth-order valence-electron chi connectivity index (χ4n) is 4.54. The van der Waals surface area contributed by atoms with Crippen LogP contribution in [-0.2, 0) is 13.1 Å². The molecule has 0 radical (unpaired) electrons. The molecule has 2 saturated carbocycles. The van der Waals surface area contributed by atoms with Gasteiger partial charge in [0.25, 0.3) is 0 Å². The van der Waals surface area contributed by atoms with Crippen LogP contribution in [0.5, 0.6) is 0 Å². The van der Waals surface area contributed by atoms with Gasteiger partial charge in [-0.2, -0.15) is 5.10 Å². The Hall–Kier alpha value is -1.76. The Kier molecular flexibility index (Phi) is 4.07. The summed E-state index contributed by atoms with van der Waals surface area (Å²) in [5.74, 6) is 1.88. The molecule has 3 heterocycles. The third-order valence-corrected chi connectivity index (χ3v) is 7.65. The van der Waals surface area contributed by atoms with Gasteiger partial charge in [-0.1, -0.05) is 30.3 Å². The van der Waals surface area contributed by atoms with Gasteiger partial charge in [0.15, 0.2) is 4.77 Å². The van der Waals surface area contributed by atoms with Crippen LogP contribution in [0, 0.1) is 4.77 Å². The molecule has 0 amide bonds. The molecule has 0 N–H and O–H groups in total. The van der Waals surface area contributed by atoms with E-state index in [9.17, 15) is 0 Å². The Morgan fingerprint density at radius 2 is 1.89 bits per heavy atom. The van der Waals surface area contributed by atoms with Gasteiger partial charge in [0.2, 0.25) is 0 Å². The quantitative estimate of drug-likeness (QED) is 0.536. The van der Waals surface area contributed by atoms with Crippen LogP contribution in [0.1, 0.15) is 65.5 Å². The molecule has 2 aliphatic carbocycles. The molecule has 1 unspecified atom stereocenters. The number of fused-ring (bicyclic) bond motifs is 1. The number of benzene rings is 1. The third-order valence-electron chi connectivity index (χ3n) is 6.25. The van der Waals surface area contributed by atoms with Crippen LogP contribution in [-0.4, -0.2) is 25.8 Å². The molecule has 2 fully saturated rings. The SMILES string of the molecule is S=c1n(CN2CCc3sccc3C2c2ccccc2)nc(C2CC2)n1C1CC1. The van der Waals surface area contributed by atoms with Gasteiger partial charge in [-0.05, 0) is 66.9 Å². The summed E-state index contributed by atoms with van der Waals surface area (Å²) < 4.78 is 5.41. The van der Waals surface area contributed by atoms with Crippen molar-refractivity contribution < 1.29 is 0 Å². The van der Waals surface area contributed by atoms with Crippen molar-refractivity contribution >= 4 is 23.6 Å². The largest absolute Gasteiger partial charge is 0.301 e. The normalized spacial score (nSPS) is 22.4. The number of thiophene rings is 1. The Morgan fingerprint density at radius 3 is 2.64 bits per heavy atom. The second-order valence-electron chi connectivity index (χ2n) is 8.33. The minimum Gasteiger partial charge on any atom is -0.301 e. The molecular formula is C22H24N4S2.